The van der Waals surface area contributed by atoms with E-state index in [-0.39, 0.29) is 18.4 Å². The summed E-state index contributed by atoms with van der Waals surface area (Å²) in [6.45, 7) is 3.75. The van der Waals surface area contributed by atoms with Gasteiger partial charge in [-0.15, -0.1) is 0 Å². The molecule has 21 heavy (non-hydrogen) atoms. The van der Waals surface area contributed by atoms with Gasteiger partial charge in [-0.25, -0.2) is 0 Å². The highest BCUT2D eigenvalue weighted by atomic mass is 16.5. The molecule has 1 aliphatic heterocycles. The van der Waals surface area contributed by atoms with E-state index in [1.807, 2.05) is 0 Å². The van der Waals surface area contributed by atoms with E-state index in [0.29, 0.717) is 37.7 Å². The van der Waals surface area contributed by atoms with Crippen LogP contribution in [0.15, 0.2) is 24.3 Å². The van der Waals surface area contributed by atoms with E-state index in [1.54, 1.807) is 36.3 Å². The van der Waals surface area contributed by atoms with Crippen LogP contribution in [0.1, 0.15) is 6.92 Å². The van der Waals surface area contributed by atoms with Crippen LogP contribution in [0, 0.1) is 0 Å². The second kappa shape index (κ2) is 7.08. The number of anilines is 1. The van der Waals surface area contributed by atoms with Gasteiger partial charge < -0.3 is 19.3 Å². The van der Waals surface area contributed by atoms with Gasteiger partial charge in [-0.05, 0) is 24.3 Å². The molecule has 0 saturated carbocycles. The lowest BCUT2D eigenvalue weighted by Crippen LogP contribution is -2.46. The maximum absolute atomic E-state index is 12.3. The molecule has 0 N–H and O–H groups in total. The van der Waals surface area contributed by atoms with Gasteiger partial charge in [0.1, 0.15) is 12.3 Å². The summed E-state index contributed by atoms with van der Waals surface area (Å²) in [5.74, 6) is 0.479. The van der Waals surface area contributed by atoms with E-state index < -0.39 is 0 Å². The first-order valence-corrected chi connectivity index (χ1v) is 6.89. The maximum Gasteiger partial charge on any atom is 0.242 e. The molecule has 6 heteroatoms. The summed E-state index contributed by atoms with van der Waals surface area (Å²) >= 11 is 0. The molecule has 2 amide bonds. The van der Waals surface area contributed by atoms with Gasteiger partial charge in [-0.2, -0.15) is 0 Å². The lowest BCUT2D eigenvalue weighted by molar-refractivity contribution is -0.134. The van der Waals surface area contributed by atoms with E-state index >= 15 is 0 Å². The summed E-state index contributed by atoms with van der Waals surface area (Å²) in [6.07, 6.45) is 0. The van der Waals surface area contributed by atoms with Crippen LogP contribution < -0.4 is 9.64 Å². The van der Waals surface area contributed by atoms with Crippen LogP contribution in [0.2, 0.25) is 0 Å². The van der Waals surface area contributed by atoms with Crippen LogP contribution in [-0.4, -0.2) is 56.7 Å². The van der Waals surface area contributed by atoms with Crippen LogP contribution in [0.4, 0.5) is 5.69 Å². The molecule has 2 rings (SSSR count). The van der Waals surface area contributed by atoms with Gasteiger partial charge in [0, 0.05) is 25.7 Å². The monoisotopic (exact) mass is 292 g/mol. The predicted octanol–water partition coefficient (Wildman–Crippen LogP) is 0.907. The Morgan fingerprint density at radius 3 is 2.38 bits per heavy atom. The van der Waals surface area contributed by atoms with Gasteiger partial charge in [0.05, 0.1) is 20.3 Å². The van der Waals surface area contributed by atoms with Crippen LogP contribution in [0.25, 0.3) is 0 Å². The SMILES string of the molecule is COc1ccc(N(CC(=O)N2CCOCC2)C(C)=O)cc1. The van der Waals surface area contributed by atoms with Crippen molar-refractivity contribution in [3.8, 4) is 5.75 Å². The molecule has 0 aromatic heterocycles. The Morgan fingerprint density at radius 1 is 1.24 bits per heavy atom. The molecule has 0 bridgehead atoms. The molecule has 0 atom stereocenters. The van der Waals surface area contributed by atoms with Crippen molar-refractivity contribution in [3.05, 3.63) is 24.3 Å². The van der Waals surface area contributed by atoms with Crippen molar-refractivity contribution in [1.29, 1.82) is 0 Å². The van der Waals surface area contributed by atoms with Crippen molar-refractivity contribution in [2.75, 3.05) is 44.9 Å². The van der Waals surface area contributed by atoms with Crippen molar-refractivity contribution in [3.63, 3.8) is 0 Å². The first kappa shape index (κ1) is 15.3. The molecule has 6 nitrogen and oxygen atoms in total. The zero-order valence-corrected chi connectivity index (χ0v) is 12.4. The average molecular weight is 292 g/mol. The number of ether oxygens (including phenoxy) is 2. The molecule has 0 spiro atoms. The molecule has 1 aliphatic rings. The van der Waals surface area contributed by atoms with E-state index in [1.165, 1.54) is 11.8 Å². The Kier molecular flexibility index (Phi) is 5.16. The van der Waals surface area contributed by atoms with Crippen molar-refractivity contribution in [2.24, 2.45) is 0 Å². The van der Waals surface area contributed by atoms with Crippen LogP contribution in [0.3, 0.4) is 0 Å². The van der Waals surface area contributed by atoms with Crippen molar-refractivity contribution < 1.29 is 19.1 Å². The topological polar surface area (TPSA) is 59.1 Å². The van der Waals surface area contributed by atoms with Crippen molar-refractivity contribution in [2.45, 2.75) is 6.92 Å². The Hall–Kier alpha value is -2.08. The quantitative estimate of drug-likeness (QED) is 0.827. The lowest BCUT2D eigenvalue weighted by Gasteiger charge is -2.29. The summed E-state index contributed by atoms with van der Waals surface area (Å²) < 4.78 is 10.3. The van der Waals surface area contributed by atoms with Crippen LogP contribution in [0.5, 0.6) is 5.75 Å². The first-order chi connectivity index (χ1) is 10.1. The summed E-state index contributed by atoms with van der Waals surface area (Å²) in [6, 6.07) is 7.08. The second-order valence-corrected chi connectivity index (χ2v) is 4.80. The number of carbonyl (C=O) groups is 2. The number of carbonyl (C=O) groups excluding carboxylic acids is 2. The fourth-order valence-electron chi connectivity index (χ4n) is 2.19. The molecular weight excluding hydrogens is 272 g/mol. The van der Waals surface area contributed by atoms with E-state index in [4.69, 9.17) is 9.47 Å². The number of rotatable bonds is 4. The summed E-state index contributed by atoms with van der Waals surface area (Å²) in [4.78, 5) is 27.3. The summed E-state index contributed by atoms with van der Waals surface area (Å²) in [5.41, 5.74) is 0.685. The van der Waals surface area contributed by atoms with Crippen LogP contribution >= 0.6 is 0 Å². The number of methoxy groups -OCH3 is 1. The number of hydrogen-bond acceptors (Lipinski definition) is 4. The fraction of sp³-hybridized carbons (Fsp3) is 0.467. The molecule has 1 aromatic carbocycles. The normalized spacial score (nSPS) is 14.7. The average Bonchev–Trinajstić information content (AvgIpc) is 2.53. The second-order valence-electron chi connectivity index (χ2n) is 4.80. The lowest BCUT2D eigenvalue weighted by atomic mass is 10.2. The highest BCUT2D eigenvalue weighted by Crippen LogP contribution is 2.19. The molecule has 1 saturated heterocycles. The van der Waals surface area contributed by atoms with E-state index in [9.17, 15) is 9.59 Å². The zero-order valence-electron chi connectivity index (χ0n) is 12.4. The smallest absolute Gasteiger partial charge is 0.242 e. The van der Waals surface area contributed by atoms with Crippen molar-refractivity contribution in [1.82, 2.24) is 4.90 Å². The third kappa shape index (κ3) is 3.95. The highest BCUT2D eigenvalue weighted by Gasteiger charge is 2.22. The molecule has 1 fully saturated rings. The summed E-state index contributed by atoms with van der Waals surface area (Å²) in [5, 5.41) is 0. The maximum atomic E-state index is 12.3. The van der Waals surface area contributed by atoms with Gasteiger partial charge in [-0.1, -0.05) is 0 Å². The van der Waals surface area contributed by atoms with Gasteiger partial charge in [-0.3, -0.25) is 9.59 Å². The minimum atomic E-state index is -0.165. The zero-order chi connectivity index (χ0) is 15.2. The van der Waals surface area contributed by atoms with E-state index in [2.05, 4.69) is 0 Å². The number of nitrogens with zero attached hydrogens (tertiary/aromatic N) is 2. The Labute approximate surface area is 124 Å². The molecule has 1 aromatic rings. The third-order valence-corrected chi connectivity index (χ3v) is 3.42. The Morgan fingerprint density at radius 2 is 1.86 bits per heavy atom. The fourth-order valence-corrected chi connectivity index (χ4v) is 2.19. The van der Waals surface area contributed by atoms with Gasteiger partial charge in [0.15, 0.2) is 0 Å². The first-order valence-electron chi connectivity index (χ1n) is 6.89. The molecule has 0 unspecified atom stereocenters. The molecule has 0 aliphatic carbocycles. The largest absolute Gasteiger partial charge is 0.497 e. The van der Waals surface area contributed by atoms with Crippen molar-refractivity contribution >= 4 is 17.5 Å². The minimum Gasteiger partial charge on any atom is -0.497 e. The minimum absolute atomic E-state index is 0.0433. The number of amides is 2. The third-order valence-electron chi connectivity index (χ3n) is 3.42. The van der Waals surface area contributed by atoms with Crippen LogP contribution in [-0.2, 0) is 14.3 Å². The molecule has 1 heterocycles. The van der Waals surface area contributed by atoms with Gasteiger partial charge in [0.25, 0.3) is 0 Å². The van der Waals surface area contributed by atoms with Gasteiger partial charge in [0.2, 0.25) is 11.8 Å². The molecule has 114 valence electrons. The highest BCUT2D eigenvalue weighted by molar-refractivity contribution is 5.97. The number of hydrogen-bond donors (Lipinski definition) is 0. The molecular formula is C15H20N2O4. The van der Waals surface area contributed by atoms with E-state index in [0.717, 1.165) is 0 Å². The van der Waals surface area contributed by atoms with Gasteiger partial charge >= 0.3 is 0 Å². The Bertz CT molecular complexity index is 495. The predicted molar refractivity (Wildman–Crippen MR) is 78.4 cm³/mol. The molecule has 0 radical (unpaired) electrons. The Balaban J connectivity index is 2.07. The standard InChI is InChI=1S/C15H20N2O4/c1-12(18)17(13-3-5-14(20-2)6-4-13)11-15(19)16-7-9-21-10-8-16/h3-6H,7-11H2,1-2H3. The number of morpholine rings is 1. The number of benzene rings is 1. The summed E-state index contributed by atoms with van der Waals surface area (Å²) in [7, 11) is 1.58.